The van der Waals surface area contributed by atoms with E-state index in [1.807, 2.05) is 24.3 Å². The molecule has 1 fully saturated rings. The highest BCUT2D eigenvalue weighted by Gasteiger charge is 2.20. The highest BCUT2D eigenvalue weighted by atomic mass is 32.1. The third kappa shape index (κ3) is 5.41. The summed E-state index contributed by atoms with van der Waals surface area (Å²) < 4.78 is 1.23. The van der Waals surface area contributed by atoms with Gasteiger partial charge in [-0.1, -0.05) is 18.2 Å². The summed E-state index contributed by atoms with van der Waals surface area (Å²) in [7, 11) is 0. The maximum Gasteiger partial charge on any atom is 0.238 e. The van der Waals surface area contributed by atoms with Crippen molar-refractivity contribution in [1.29, 1.82) is 0 Å². The predicted molar refractivity (Wildman–Crippen MR) is 121 cm³/mol. The minimum atomic E-state index is -0.137. The normalized spacial score (nSPS) is 15.2. The Kier molecular flexibility index (Phi) is 6.37. The average molecular weight is 424 g/mol. The smallest absolute Gasteiger partial charge is 0.238 e. The SMILES string of the molecule is CC(=O)Nc1cccc(NC(=O)CN2CCN(Cc3nc4ccccc4s3)CC2)c1. The molecule has 0 radical (unpaired) electrons. The Bertz CT molecular complexity index is 1010. The molecule has 8 heteroatoms. The van der Waals surface area contributed by atoms with E-state index in [1.54, 1.807) is 23.5 Å². The van der Waals surface area contributed by atoms with Gasteiger partial charge in [-0.05, 0) is 30.3 Å². The molecule has 0 bridgehead atoms. The first-order valence-corrected chi connectivity index (χ1v) is 10.8. The Morgan fingerprint density at radius 2 is 1.67 bits per heavy atom. The third-order valence-corrected chi connectivity index (χ3v) is 6.02. The second-order valence-corrected chi connectivity index (χ2v) is 8.55. The van der Waals surface area contributed by atoms with Gasteiger partial charge in [0.05, 0.1) is 23.3 Å². The van der Waals surface area contributed by atoms with Crippen LogP contribution in [-0.4, -0.2) is 59.3 Å². The molecule has 1 aliphatic heterocycles. The predicted octanol–water partition coefficient (Wildman–Crippen LogP) is 3.01. The third-order valence-electron chi connectivity index (χ3n) is 5.00. The average Bonchev–Trinajstić information content (AvgIpc) is 3.11. The Balaban J connectivity index is 1.24. The first kappa shape index (κ1) is 20.5. The van der Waals surface area contributed by atoms with Crippen LogP contribution in [0.3, 0.4) is 0 Å². The zero-order chi connectivity index (χ0) is 20.9. The van der Waals surface area contributed by atoms with Crippen molar-refractivity contribution in [2.45, 2.75) is 13.5 Å². The monoisotopic (exact) mass is 423 g/mol. The molecule has 2 amide bonds. The summed E-state index contributed by atoms with van der Waals surface area (Å²) in [5.41, 5.74) is 2.42. The van der Waals surface area contributed by atoms with Gasteiger partial charge in [-0.3, -0.25) is 19.4 Å². The number of fused-ring (bicyclic) bond motifs is 1. The number of rotatable bonds is 6. The van der Waals surface area contributed by atoms with Crippen molar-refractivity contribution in [3.05, 3.63) is 53.5 Å². The number of carbonyl (C=O) groups excluding carboxylic acids is 2. The number of amides is 2. The minimum Gasteiger partial charge on any atom is -0.326 e. The highest BCUT2D eigenvalue weighted by molar-refractivity contribution is 7.18. The summed E-state index contributed by atoms with van der Waals surface area (Å²) in [6.07, 6.45) is 0. The molecule has 4 rings (SSSR count). The molecule has 1 saturated heterocycles. The largest absolute Gasteiger partial charge is 0.326 e. The number of thiazole rings is 1. The van der Waals surface area contributed by atoms with Crippen LogP contribution in [0, 0.1) is 0 Å². The number of carbonyl (C=O) groups is 2. The summed E-state index contributed by atoms with van der Waals surface area (Å²) in [4.78, 5) is 32.9. The Morgan fingerprint density at radius 1 is 0.967 bits per heavy atom. The summed E-state index contributed by atoms with van der Waals surface area (Å²) in [5, 5.41) is 6.78. The van der Waals surface area contributed by atoms with Crippen LogP contribution in [0.15, 0.2) is 48.5 Å². The second-order valence-electron chi connectivity index (χ2n) is 7.44. The van der Waals surface area contributed by atoms with E-state index in [9.17, 15) is 9.59 Å². The Hall–Kier alpha value is -2.81. The standard InChI is InChI=1S/C22H25N5O2S/c1-16(28)23-17-5-4-6-18(13-17)24-21(29)14-26-9-11-27(12-10-26)15-22-25-19-7-2-3-8-20(19)30-22/h2-8,13H,9-12,14-15H2,1H3,(H,23,28)(H,24,29). The fourth-order valence-corrected chi connectivity index (χ4v) is 4.58. The van der Waals surface area contributed by atoms with Crippen LogP contribution in [0.2, 0.25) is 0 Å². The highest BCUT2D eigenvalue weighted by Crippen LogP contribution is 2.23. The number of aromatic nitrogens is 1. The molecule has 3 aromatic rings. The second kappa shape index (κ2) is 9.34. The molecule has 0 atom stereocenters. The van der Waals surface area contributed by atoms with Crippen molar-refractivity contribution in [2.75, 3.05) is 43.4 Å². The van der Waals surface area contributed by atoms with E-state index in [0.29, 0.717) is 17.9 Å². The van der Waals surface area contributed by atoms with Gasteiger partial charge in [0, 0.05) is 44.5 Å². The lowest BCUT2D eigenvalue weighted by atomic mass is 10.2. The van der Waals surface area contributed by atoms with Crippen LogP contribution in [-0.2, 0) is 16.1 Å². The molecule has 2 aromatic carbocycles. The number of nitrogens with zero attached hydrogens (tertiary/aromatic N) is 3. The van der Waals surface area contributed by atoms with Crippen molar-refractivity contribution in [3.8, 4) is 0 Å². The van der Waals surface area contributed by atoms with E-state index in [4.69, 9.17) is 4.98 Å². The fourth-order valence-electron chi connectivity index (χ4n) is 3.57. The van der Waals surface area contributed by atoms with Gasteiger partial charge < -0.3 is 10.6 Å². The molecular formula is C22H25N5O2S. The summed E-state index contributed by atoms with van der Waals surface area (Å²) in [6, 6.07) is 15.4. The van der Waals surface area contributed by atoms with Gasteiger partial charge in [0.2, 0.25) is 11.8 Å². The van der Waals surface area contributed by atoms with Crippen LogP contribution >= 0.6 is 11.3 Å². The van der Waals surface area contributed by atoms with Crippen LogP contribution < -0.4 is 10.6 Å². The number of hydrogen-bond donors (Lipinski definition) is 2. The van der Waals surface area contributed by atoms with Crippen molar-refractivity contribution in [3.63, 3.8) is 0 Å². The van der Waals surface area contributed by atoms with E-state index in [0.717, 1.165) is 43.2 Å². The van der Waals surface area contributed by atoms with Gasteiger partial charge in [0.15, 0.2) is 0 Å². The topological polar surface area (TPSA) is 77.6 Å². The van der Waals surface area contributed by atoms with E-state index < -0.39 is 0 Å². The van der Waals surface area contributed by atoms with Gasteiger partial charge in [-0.25, -0.2) is 4.98 Å². The molecule has 2 heterocycles. The molecule has 2 N–H and O–H groups in total. The number of hydrogen-bond acceptors (Lipinski definition) is 6. The molecule has 1 aromatic heterocycles. The van der Waals surface area contributed by atoms with Crippen molar-refractivity contribution < 1.29 is 9.59 Å². The van der Waals surface area contributed by atoms with Crippen molar-refractivity contribution in [1.82, 2.24) is 14.8 Å². The Labute approximate surface area is 179 Å². The first-order valence-electron chi connectivity index (χ1n) is 10.0. The lowest BCUT2D eigenvalue weighted by molar-refractivity contribution is -0.117. The molecule has 1 aliphatic rings. The zero-order valence-electron chi connectivity index (χ0n) is 16.9. The first-order chi connectivity index (χ1) is 14.5. The van der Waals surface area contributed by atoms with E-state index in [2.05, 4.69) is 32.6 Å². The van der Waals surface area contributed by atoms with Gasteiger partial charge in [0.1, 0.15) is 5.01 Å². The van der Waals surface area contributed by atoms with Gasteiger partial charge in [-0.2, -0.15) is 0 Å². The maximum absolute atomic E-state index is 12.4. The summed E-state index contributed by atoms with van der Waals surface area (Å²) in [6.45, 7) is 6.22. The van der Waals surface area contributed by atoms with E-state index >= 15 is 0 Å². The van der Waals surface area contributed by atoms with Gasteiger partial charge in [0.25, 0.3) is 0 Å². The lowest BCUT2D eigenvalue weighted by Crippen LogP contribution is -2.48. The minimum absolute atomic E-state index is 0.0467. The summed E-state index contributed by atoms with van der Waals surface area (Å²) in [5.74, 6) is -0.184. The molecule has 0 aliphatic carbocycles. The molecule has 0 spiro atoms. The number of piperazine rings is 1. The van der Waals surface area contributed by atoms with Crippen LogP contribution in [0.4, 0.5) is 11.4 Å². The quantitative estimate of drug-likeness (QED) is 0.637. The molecule has 7 nitrogen and oxygen atoms in total. The number of para-hydroxylation sites is 1. The lowest BCUT2D eigenvalue weighted by Gasteiger charge is -2.33. The number of benzene rings is 2. The Morgan fingerprint density at radius 3 is 2.40 bits per heavy atom. The van der Waals surface area contributed by atoms with Gasteiger partial charge >= 0.3 is 0 Å². The van der Waals surface area contributed by atoms with Gasteiger partial charge in [-0.15, -0.1) is 11.3 Å². The molecule has 30 heavy (non-hydrogen) atoms. The zero-order valence-corrected chi connectivity index (χ0v) is 17.7. The molecule has 0 saturated carbocycles. The van der Waals surface area contributed by atoms with Crippen molar-refractivity contribution in [2.24, 2.45) is 0 Å². The molecular weight excluding hydrogens is 398 g/mol. The maximum atomic E-state index is 12.4. The van der Waals surface area contributed by atoms with E-state index in [1.165, 1.54) is 11.6 Å². The van der Waals surface area contributed by atoms with Crippen LogP contribution in [0.1, 0.15) is 11.9 Å². The van der Waals surface area contributed by atoms with Crippen LogP contribution in [0.5, 0.6) is 0 Å². The molecule has 0 unspecified atom stereocenters. The van der Waals surface area contributed by atoms with E-state index in [-0.39, 0.29) is 11.8 Å². The number of nitrogens with one attached hydrogen (secondary N) is 2. The fraction of sp³-hybridized carbons (Fsp3) is 0.318. The summed E-state index contributed by atoms with van der Waals surface area (Å²) >= 11 is 1.75. The number of anilines is 2. The molecule has 156 valence electrons. The van der Waals surface area contributed by atoms with Crippen LogP contribution in [0.25, 0.3) is 10.2 Å². The van der Waals surface area contributed by atoms with Crippen molar-refractivity contribution >= 4 is 44.7 Å².